The van der Waals surface area contributed by atoms with E-state index in [1.54, 1.807) is 31.0 Å². The Morgan fingerprint density at radius 3 is 2.62 bits per heavy atom. The van der Waals surface area contributed by atoms with E-state index >= 15 is 0 Å². The van der Waals surface area contributed by atoms with Crippen molar-refractivity contribution >= 4 is 0 Å². The third-order valence-electron chi connectivity index (χ3n) is 1.67. The predicted octanol–water partition coefficient (Wildman–Crippen LogP) is 1.23. The molecule has 4 nitrogen and oxygen atoms in total. The third-order valence-corrected chi connectivity index (χ3v) is 1.67. The summed E-state index contributed by atoms with van der Waals surface area (Å²) in [6, 6.07) is 1.79. The van der Waals surface area contributed by atoms with Crippen LogP contribution in [0.5, 0.6) is 0 Å². The summed E-state index contributed by atoms with van der Waals surface area (Å²) in [5.41, 5.74) is 1.54. The molecule has 0 aliphatic heterocycles. The van der Waals surface area contributed by atoms with Crippen LogP contribution in [0.3, 0.4) is 0 Å². The molecule has 13 heavy (non-hydrogen) atoms. The van der Waals surface area contributed by atoms with Crippen LogP contribution in [0, 0.1) is 0 Å². The second kappa shape index (κ2) is 3.37. The largest absolute Gasteiger partial charge is 0.472 e. The van der Waals surface area contributed by atoms with Gasteiger partial charge in [-0.25, -0.2) is 9.97 Å². The van der Waals surface area contributed by atoms with Crippen LogP contribution < -0.4 is 0 Å². The van der Waals surface area contributed by atoms with Crippen molar-refractivity contribution in [1.29, 1.82) is 0 Å². The molecule has 0 amide bonds. The number of hydrogen-bond acceptors (Lipinski definition) is 4. The Balaban J connectivity index is 2.33. The van der Waals surface area contributed by atoms with Crippen molar-refractivity contribution in [2.75, 3.05) is 0 Å². The number of furan rings is 1. The van der Waals surface area contributed by atoms with Gasteiger partial charge in [0.05, 0.1) is 18.4 Å². The number of aliphatic hydroxyl groups is 1. The molecular weight excluding hydrogens is 168 g/mol. The fourth-order valence-electron chi connectivity index (χ4n) is 0.977. The van der Waals surface area contributed by atoms with Gasteiger partial charge < -0.3 is 9.52 Å². The Bertz CT molecular complexity index is 367. The average molecular weight is 176 g/mol. The monoisotopic (exact) mass is 176 g/mol. The number of hydrogen-bond donors (Lipinski definition) is 1. The molecule has 4 heteroatoms. The first kappa shape index (κ1) is 7.94. The molecule has 0 saturated carbocycles. The van der Waals surface area contributed by atoms with Crippen LogP contribution in [0.15, 0.2) is 35.4 Å². The Labute approximate surface area is 74.9 Å². The molecule has 0 aliphatic carbocycles. The van der Waals surface area contributed by atoms with Gasteiger partial charge in [-0.2, -0.15) is 0 Å². The van der Waals surface area contributed by atoms with Gasteiger partial charge in [0, 0.05) is 18.0 Å². The molecule has 1 N–H and O–H groups in total. The van der Waals surface area contributed by atoms with Crippen LogP contribution in [-0.4, -0.2) is 15.1 Å². The minimum atomic E-state index is -0.0360. The fourth-order valence-corrected chi connectivity index (χ4v) is 0.977. The highest BCUT2D eigenvalue weighted by atomic mass is 16.3. The molecule has 0 aromatic carbocycles. The summed E-state index contributed by atoms with van der Waals surface area (Å²) in [6.07, 6.45) is 6.33. The lowest BCUT2D eigenvalue weighted by molar-refractivity contribution is 0.281. The minimum absolute atomic E-state index is 0.0360. The van der Waals surface area contributed by atoms with Crippen molar-refractivity contribution < 1.29 is 9.52 Å². The molecule has 2 rings (SSSR count). The lowest BCUT2D eigenvalue weighted by Gasteiger charge is -1.96. The summed E-state index contributed by atoms with van der Waals surface area (Å²) >= 11 is 0. The average Bonchev–Trinajstić information content (AvgIpc) is 2.71. The molecule has 0 atom stereocenters. The highest BCUT2D eigenvalue weighted by Crippen LogP contribution is 2.13. The summed E-state index contributed by atoms with van der Waals surface area (Å²) in [4.78, 5) is 8.12. The van der Waals surface area contributed by atoms with E-state index in [9.17, 15) is 0 Å². The highest BCUT2D eigenvalue weighted by Gasteiger charge is 2.01. The quantitative estimate of drug-likeness (QED) is 0.747. The molecule has 0 bridgehead atoms. The molecule has 0 unspecified atom stereocenters. The van der Waals surface area contributed by atoms with Crippen LogP contribution in [0.4, 0.5) is 0 Å². The van der Waals surface area contributed by atoms with Gasteiger partial charge in [0.15, 0.2) is 5.82 Å². The van der Waals surface area contributed by atoms with Crippen LogP contribution in [0.25, 0.3) is 11.4 Å². The summed E-state index contributed by atoms with van der Waals surface area (Å²) in [5, 5.41) is 8.76. The second-order valence-electron chi connectivity index (χ2n) is 2.59. The maximum atomic E-state index is 8.76. The summed E-state index contributed by atoms with van der Waals surface area (Å²) in [7, 11) is 0. The Kier molecular flexibility index (Phi) is 2.06. The predicted molar refractivity (Wildman–Crippen MR) is 45.7 cm³/mol. The number of aliphatic hydroxyl groups excluding tert-OH is 1. The zero-order valence-corrected chi connectivity index (χ0v) is 6.84. The molecule has 0 radical (unpaired) electrons. The third kappa shape index (κ3) is 1.57. The molecule has 2 aromatic rings. The summed E-state index contributed by atoms with van der Waals surface area (Å²) in [6.45, 7) is -0.0360. The van der Waals surface area contributed by atoms with Gasteiger partial charge >= 0.3 is 0 Å². The maximum absolute atomic E-state index is 8.76. The van der Waals surface area contributed by atoms with Crippen molar-refractivity contribution in [2.45, 2.75) is 6.61 Å². The Morgan fingerprint density at radius 2 is 2.08 bits per heavy atom. The second-order valence-corrected chi connectivity index (χ2v) is 2.59. The topological polar surface area (TPSA) is 59.2 Å². The number of nitrogens with zero attached hydrogens (tertiary/aromatic N) is 2. The van der Waals surface area contributed by atoms with Gasteiger partial charge in [-0.3, -0.25) is 0 Å². The van der Waals surface area contributed by atoms with E-state index in [-0.39, 0.29) is 6.61 Å². The molecule has 66 valence electrons. The maximum Gasteiger partial charge on any atom is 0.162 e. The lowest BCUT2D eigenvalue weighted by atomic mass is 10.3. The zero-order valence-electron chi connectivity index (χ0n) is 6.84. The minimum Gasteiger partial charge on any atom is -0.472 e. The van der Waals surface area contributed by atoms with E-state index in [0.29, 0.717) is 11.4 Å². The first-order valence-corrected chi connectivity index (χ1v) is 3.84. The smallest absolute Gasteiger partial charge is 0.162 e. The van der Waals surface area contributed by atoms with Gasteiger partial charge in [0.1, 0.15) is 6.26 Å². The van der Waals surface area contributed by atoms with Gasteiger partial charge in [-0.1, -0.05) is 0 Å². The first-order valence-electron chi connectivity index (χ1n) is 3.84. The van der Waals surface area contributed by atoms with E-state index in [1.807, 2.05) is 0 Å². The molecule has 0 saturated heterocycles. The molecule has 2 aromatic heterocycles. The summed E-state index contributed by atoms with van der Waals surface area (Å²) < 4.78 is 4.90. The van der Waals surface area contributed by atoms with Crippen molar-refractivity contribution in [3.8, 4) is 11.4 Å². The highest BCUT2D eigenvalue weighted by molar-refractivity contribution is 5.51. The van der Waals surface area contributed by atoms with E-state index in [1.165, 1.54) is 0 Å². The van der Waals surface area contributed by atoms with Crippen LogP contribution >= 0.6 is 0 Å². The molecule has 0 spiro atoms. The summed E-state index contributed by atoms with van der Waals surface area (Å²) in [5.74, 6) is 0.603. The van der Waals surface area contributed by atoms with E-state index in [0.717, 1.165) is 5.56 Å². The Morgan fingerprint density at radius 1 is 1.31 bits per heavy atom. The van der Waals surface area contributed by atoms with Crippen molar-refractivity contribution in [3.63, 3.8) is 0 Å². The fraction of sp³-hybridized carbons (Fsp3) is 0.111. The van der Waals surface area contributed by atoms with Crippen LogP contribution in [0.2, 0.25) is 0 Å². The van der Waals surface area contributed by atoms with Crippen LogP contribution in [-0.2, 0) is 6.61 Å². The van der Waals surface area contributed by atoms with Crippen molar-refractivity contribution in [2.24, 2.45) is 0 Å². The van der Waals surface area contributed by atoms with E-state index in [4.69, 9.17) is 9.52 Å². The van der Waals surface area contributed by atoms with Gasteiger partial charge in [0.2, 0.25) is 0 Å². The molecule has 0 aliphatic rings. The van der Waals surface area contributed by atoms with Crippen LogP contribution in [0.1, 0.15) is 5.56 Å². The Hall–Kier alpha value is -1.68. The van der Waals surface area contributed by atoms with Crippen molar-refractivity contribution in [1.82, 2.24) is 9.97 Å². The lowest BCUT2D eigenvalue weighted by Crippen LogP contribution is -1.90. The molecule has 0 fully saturated rings. The number of aromatic nitrogens is 2. The first-order chi connectivity index (χ1) is 6.40. The normalized spacial score (nSPS) is 10.2. The number of rotatable bonds is 2. The SMILES string of the molecule is OCc1cnc(-c2ccoc2)nc1. The zero-order chi connectivity index (χ0) is 9.10. The van der Waals surface area contributed by atoms with E-state index in [2.05, 4.69) is 9.97 Å². The van der Waals surface area contributed by atoms with Gasteiger partial charge in [-0.15, -0.1) is 0 Å². The van der Waals surface area contributed by atoms with Crippen molar-refractivity contribution in [3.05, 3.63) is 36.5 Å². The molecular formula is C9H8N2O2. The van der Waals surface area contributed by atoms with Gasteiger partial charge in [-0.05, 0) is 6.07 Å². The molecule has 2 heterocycles. The van der Waals surface area contributed by atoms with E-state index < -0.39 is 0 Å². The standard InChI is InChI=1S/C9H8N2O2/c12-5-7-3-10-9(11-4-7)8-1-2-13-6-8/h1-4,6,12H,5H2. The van der Waals surface area contributed by atoms with Gasteiger partial charge in [0.25, 0.3) is 0 Å².